The molecule has 0 aromatic rings. The van der Waals surface area contributed by atoms with Gasteiger partial charge in [-0.2, -0.15) is 0 Å². The van der Waals surface area contributed by atoms with Gasteiger partial charge in [-0.05, 0) is 20.5 Å². The highest BCUT2D eigenvalue weighted by Gasteiger charge is 2.08. The second-order valence-electron chi connectivity index (χ2n) is 2.67. The summed E-state index contributed by atoms with van der Waals surface area (Å²) in [5.41, 5.74) is 0. The molecule has 0 spiro atoms. The molecule has 1 N–H and O–H groups in total. The second-order valence-corrected chi connectivity index (χ2v) is 2.67. The first kappa shape index (κ1) is 10.5. The zero-order chi connectivity index (χ0) is 8.69. The SMILES string of the molecule is C#CCN(CC)C(C)CNC. The Morgan fingerprint density at radius 3 is 2.64 bits per heavy atom. The Labute approximate surface area is 70.0 Å². The van der Waals surface area contributed by atoms with Crippen molar-refractivity contribution in [2.75, 3.05) is 26.7 Å². The van der Waals surface area contributed by atoms with Crippen molar-refractivity contribution in [2.24, 2.45) is 0 Å². The van der Waals surface area contributed by atoms with E-state index < -0.39 is 0 Å². The summed E-state index contributed by atoms with van der Waals surface area (Å²) in [6.07, 6.45) is 5.23. The lowest BCUT2D eigenvalue weighted by Crippen LogP contribution is -2.39. The van der Waals surface area contributed by atoms with Crippen molar-refractivity contribution >= 4 is 0 Å². The van der Waals surface area contributed by atoms with Gasteiger partial charge in [-0.15, -0.1) is 6.42 Å². The smallest absolute Gasteiger partial charge is 0.0601 e. The molecule has 0 heterocycles. The summed E-state index contributed by atoms with van der Waals surface area (Å²) in [4.78, 5) is 2.26. The second kappa shape index (κ2) is 6.21. The summed E-state index contributed by atoms with van der Waals surface area (Å²) in [6, 6.07) is 0.529. The summed E-state index contributed by atoms with van der Waals surface area (Å²) in [7, 11) is 1.96. The van der Waals surface area contributed by atoms with E-state index in [2.05, 4.69) is 30.0 Å². The molecule has 0 radical (unpaired) electrons. The number of hydrogen-bond donors (Lipinski definition) is 1. The standard InChI is InChI=1S/C9H18N2/c1-5-7-11(6-2)9(3)8-10-4/h1,9-10H,6-8H2,2-4H3. The van der Waals surface area contributed by atoms with Gasteiger partial charge in [-0.1, -0.05) is 12.8 Å². The number of terminal acetylenes is 1. The Bertz CT molecular complexity index is 126. The maximum atomic E-state index is 5.23. The lowest BCUT2D eigenvalue weighted by molar-refractivity contribution is 0.244. The van der Waals surface area contributed by atoms with Crippen LogP contribution in [0, 0.1) is 12.3 Å². The lowest BCUT2D eigenvalue weighted by atomic mass is 10.3. The van der Waals surface area contributed by atoms with Crippen molar-refractivity contribution in [3.63, 3.8) is 0 Å². The van der Waals surface area contributed by atoms with E-state index in [0.717, 1.165) is 19.6 Å². The molecule has 0 amide bonds. The minimum atomic E-state index is 0.529. The van der Waals surface area contributed by atoms with Crippen molar-refractivity contribution in [3.05, 3.63) is 0 Å². The van der Waals surface area contributed by atoms with Crippen LogP contribution in [0.15, 0.2) is 0 Å². The molecular weight excluding hydrogens is 136 g/mol. The van der Waals surface area contributed by atoms with E-state index in [0.29, 0.717) is 6.04 Å². The van der Waals surface area contributed by atoms with Gasteiger partial charge < -0.3 is 5.32 Å². The number of likely N-dealkylation sites (N-methyl/N-ethyl adjacent to an activating group) is 2. The molecule has 0 saturated carbocycles. The molecule has 2 heteroatoms. The summed E-state index contributed by atoms with van der Waals surface area (Å²) in [5.74, 6) is 2.66. The molecule has 1 atom stereocenters. The first-order valence-electron chi connectivity index (χ1n) is 4.08. The van der Waals surface area contributed by atoms with E-state index in [1.165, 1.54) is 0 Å². The van der Waals surface area contributed by atoms with Crippen molar-refractivity contribution in [1.29, 1.82) is 0 Å². The quantitative estimate of drug-likeness (QED) is 0.582. The molecule has 0 aliphatic heterocycles. The fourth-order valence-electron chi connectivity index (χ4n) is 1.12. The van der Waals surface area contributed by atoms with Crippen LogP contribution in [0.4, 0.5) is 0 Å². The predicted octanol–water partition coefficient (Wildman–Crippen LogP) is 0.549. The van der Waals surface area contributed by atoms with Gasteiger partial charge in [0.15, 0.2) is 0 Å². The van der Waals surface area contributed by atoms with Crippen LogP contribution in [0.1, 0.15) is 13.8 Å². The topological polar surface area (TPSA) is 15.3 Å². The average molecular weight is 154 g/mol. The molecule has 0 bridgehead atoms. The van der Waals surface area contributed by atoms with E-state index in [9.17, 15) is 0 Å². The van der Waals surface area contributed by atoms with Gasteiger partial charge in [0.2, 0.25) is 0 Å². The normalized spacial score (nSPS) is 13.0. The van der Waals surface area contributed by atoms with Gasteiger partial charge in [0, 0.05) is 12.6 Å². The lowest BCUT2D eigenvalue weighted by Gasteiger charge is -2.25. The zero-order valence-corrected chi connectivity index (χ0v) is 7.72. The third kappa shape index (κ3) is 4.02. The molecule has 1 unspecified atom stereocenters. The predicted molar refractivity (Wildman–Crippen MR) is 49.5 cm³/mol. The van der Waals surface area contributed by atoms with Crippen molar-refractivity contribution < 1.29 is 0 Å². The Balaban J connectivity index is 3.73. The Kier molecular flexibility index (Phi) is 5.91. The Hall–Kier alpha value is -0.520. The third-order valence-corrected chi connectivity index (χ3v) is 1.82. The largest absolute Gasteiger partial charge is 0.318 e. The Morgan fingerprint density at radius 1 is 1.64 bits per heavy atom. The highest BCUT2D eigenvalue weighted by Crippen LogP contribution is 1.95. The number of nitrogens with zero attached hydrogens (tertiary/aromatic N) is 1. The zero-order valence-electron chi connectivity index (χ0n) is 7.72. The van der Waals surface area contributed by atoms with E-state index in [1.54, 1.807) is 0 Å². The number of hydrogen-bond acceptors (Lipinski definition) is 2. The number of nitrogens with one attached hydrogen (secondary N) is 1. The molecule has 0 rings (SSSR count). The average Bonchev–Trinajstić information content (AvgIpc) is 2.00. The van der Waals surface area contributed by atoms with Crippen LogP contribution in [0.2, 0.25) is 0 Å². The van der Waals surface area contributed by atoms with Crippen LogP contribution >= 0.6 is 0 Å². The monoisotopic (exact) mass is 154 g/mol. The molecule has 0 aromatic carbocycles. The van der Waals surface area contributed by atoms with E-state index in [4.69, 9.17) is 6.42 Å². The molecule has 0 aliphatic carbocycles. The Morgan fingerprint density at radius 2 is 2.27 bits per heavy atom. The maximum absolute atomic E-state index is 5.23. The fraction of sp³-hybridized carbons (Fsp3) is 0.778. The van der Waals surface area contributed by atoms with Crippen LogP contribution in [-0.2, 0) is 0 Å². The summed E-state index contributed by atoms with van der Waals surface area (Å²) in [5, 5.41) is 3.13. The maximum Gasteiger partial charge on any atom is 0.0601 e. The molecular formula is C9H18N2. The molecule has 0 fully saturated rings. The van der Waals surface area contributed by atoms with Gasteiger partial charge in [0.1, 0.15) is 0 Å². The third-order valence-electron chi connectivity index (χ3n) is 1.82. The minimum Gasteiger partial charge on any atom is -0.318 e. The first-order chi connectivity index (χ1) is 5.26. The van der Waals surface area contributed by atoms with E-state index >= 15 is 0 Å². The van der Waals surface area contributed by atoms with Crippen LogP contribution < -0.4 is 5.32 Å². The van der Waals surface area contributed by atoms with Crippen LogP contribution in [0.25, 0.3) is 0 Å². The van der Waals surface area contributed by atoms with Crippen LogP contribution in [0.3, 0.4) is 0 Å². The van der Waals surface area contributed by atoms with E-state index in [-0.39, 0.29) is 0 Å². The van der Waals surface area contributed by atoms with Crippen molar-refractivity contribution in [3.8, 4) is 12.3 Å². The minimum absolute atomic E-state index is 0.529. The molecule has 0 aromatic heterocycles. The first-order valence-corrected chi connectivity index (χ1v) is 4.08. The molecule has 2 nitrogen and oxygen atoms in total. The van der Waals surface area contributed by atoms with Gasteiger partial charge in [0.25, 0.3) is 0 Å². The van der Waals surface area contributed by atoms with Gasteiger partial charge in [-0.25, -0.2) is 0 Å². The van der Waals surface area contributed by atoms with Gasteiger partial charge in [0.05, 0.1) is 6.54 Å². The molecule has 0 saturated heterocycles. The fourth-order valence-corrected chi connectivity index (χ4v) is 1.12. The molecule has 0 aliphatic rings. The highest BCUT2D eigenvalue weighted by molar-refractivity contribution is 4.89. The molecule has 64 valence electrons. The highest BCUT2D eigenvalue weighted by atomic mass is 15.2. The number of rotatable bonds is 5. The van der Waals surface area contributed by atoms with Crippen LogP contribution in [-0.4, -0.2) is 37.6 Å². The summed E-state index contributed by atoms with van der Waals surface area (Å²) < 4.78 is 0. The van der Waals surface area contributed by atoms with Crippen molar-refractivity contribution in [1.82, 2.24) is 10.2 Å². The summed E-state index contributed by atoms with van der Waals surface area (Å²) >= 11 is 0. The van der Waals surface area contributed by atoms with Crippen molar-refractivity contribution in [2.45, 2.75) is 19.9 Å². The molecule has 11 heavy (non-hydrogen) atoms. The summed E-state index contributed by atoms with van der Waals surface area (Å²) in [6.45, 7) is 7.07. The van der Waals surface area contributed by atoms with Gasteiger partial charge >= 0.3 is 0 Å². The van der Waals surface area contributed by atoms with Crippen LogP contribution in [0.5, 0.6) is 0 Å². The van der Waals surface area contributed by atoms with E-state index in [1.807, 2.05) is 7.05 Å². The van der Waals surface area contributed by atoms with Gasteiger partial charge in [-0.3, -0.25) is 4.90 Å².